The maximum Gasteiger partial charge on any atom is 0.183 e. The number of carbonyl (C=O) groups is 1. The molecule has 92 valence electrons. The molecule has 2 atom stereocenters. The first-order valence-electron chi connectivity index (χ1n) is 6.06. The number of fused-ring (bicyclic) bond motifs is 2. The molecule has 0 aromatic carbocycles. The van der Waals surface area contributed by atoms with Gasteiger partial charge < -0.3 is 4.57 Å². The van der Waals surface area contributed by atoms with Crippen molar-refractivity contribution in [2.45, 2.75) is 36.2 Å². The van der Waals surface area contributed by atoms with Crippen LogP contribution >= 0.6 is 0 Å². The number of Topliss-reactive ketones (excluding diaryl/α,β-unsaturated/α-hetero) is 1. The van der Waals surface area contributed by atoms with Crippen molar-refractivity contribution in [3.8, 4) is 0 Å². The van der Waals surface area contributed by atoms with Crippen molar-refractivity contribution in [3.63, 3.8) is 0 Å². The first kappa shape index (κ1) is 11.1. The highest BCUT2D eigenvalue weighted by atomic mass is 32.2. The van der Waals surface area contributed by atoms with Gasteiger partial charge in [-0.25, -0.2) is 4.98 Å². The number of imidazole rings is 1. The maximum absolute atomic E-state index is 12.3. The van der Waals surface area contributed by atoms with E-state index in [0.29, 0.717) is 5.69 Å². The van der Waals surface area contributed by atoms with Crippen LogP contribution in [0, 0.1) is 5.92 Å². The van der Waals surface area contributed by atoms with E-state index >= 15 is 0 Å². The second kappa shape index (κ2) is 4.05. The van der Waals surface area contributed by atoms with Crippen molar-refractivity contribution in [1.82, 2.24) is 9.55 Å². The molecule has 2 saturated heterocycles. The van der Waals surface area contributed by atoms with Crippen LogP contribution in [0.3, 0.4) is 0 Å². The van der Waals surface area contributed by atoms with E-state index in [2.05, 4.69) is 4.98 Å². The second-order valence-corrected chi connectivity index (χ2v) is 7.06. The zero-order valence-corrected chi connectivity index (χ0v) is 10.7. The topological polar surface area (TPSA) is 52.0 Å². The number of ketones is 1. The molecule has 0 saturated carbocycles. The molecule has 2 aliphatic heterocycles. The first-order chi connectivity index (χ1) is 8.16. The van der Waals surface area contributed by atoms with Gasteiger partial charge >= 0.3 is 0 Å². The van der Waals surface area contributed by atoms with Gasteiger partial charge in [-0.15, -0.1) is 0 Å². The van der Waals surface area contributed by atoms with Crippen LogP contribution in [0.25, 0.3) is 0 Å². The number of hydrogen-bond acceptors (Lipinski definition) is 3. The Morgan fingerprint density at radius 1 is 1.41 bits per heavy atom. The normalized spacial score (nSPS) is 36.1. The van der Waals surface area contributed by atoms with Gasteiger partial charge in [0, 0.05) is 34.3 Å². The fraction of sp³-hybridized carbons (Fsp3) is 0.667. The van der Waals surface area contributed by atoms with Gasteiger partial charge in [0.1, 0.15) is 5.69 Å². The third-order valence-corrected chi connectivity index (χ3v) is 6.17. The van der Waals surface area contributed by atoms with Gasteiger partial charge in [0.05, 0.1) is 12.5 Å². The Morgan fingerprint density at radius 2 is 2.06 bits per heavy atom. The molecule has 0 radical (unpaired) electrons. The summed E-state index contributed by atoms with van der Waals surface area (Å²) in [5.41, 5.74) is 0.682. The highest BCUT2D eigenvalue weighted by molar-refractivity contribution is 7.86. The molecule has 3 rings (SSSR count). The summed E-state index contributed by atoms with van der Waals surface area (Å²) in [5.74, 6) is 0.235. The Kier molecular flexibility index (Phi) is 2.65. The number of carbonyl (C=O) groups excluding carboxylic acids is 1. The van der Waals surface area contributed by atoms with Crippen molar-refractivity contribution in [2.75, 3.05) is 0 Å². The summed E-state index contributed by atoms with van der Waals surface area (Å²) in [7, 11) is 1.16. The largest absolute Gasteiger partial charge is 0.331 e. The molecule has 4 nitrogen and oxygen atoms in total. The number of aromatic nitrogens is 2. The molecular weight excluding hydrogens is 236 g/mol. The molecule has 0 spiro atoms. The average molecular weight is 252 g/mol. The molecule has 2 fully saturated rings. The van der Waals surface area contributed by atoms with E-state index in [-0.39, 0.29) is 22.2 Å². The summed E-state index contributed by atoms with van der Waals surface area (Å²) in [4.78, 5) is 16.3. The lowest BCUT2D eigenvalue weighted by atomic mass is 9.93. The smallest absolute Gasteiger partial charge is 0.183 e. The molecular formula is C12H16N2O2S. The third kappa shape index (κ3) is 1.76. The minimum atomic E-state index is -0.683. The SMILES string of the molecule is Cn1cncc1C(=O)C1CC2CCC(C1)S2=O. The lowest BCUT2D eigenvalue weighted by Gasteiger charge is -2.26. The summed E-state index contributed by atoms with van der Waals surface area (Å²) in [6.07, 6.45) is 6.96. The van der Waals surface area contributed by atoms with Crippen LogP contribution in [0.5, 0.6) is 0 Å². The van der Waals surface area contributed by atoms with Crippen LogP contribution in [0.1, 0.15) is 36.2 Å². The molecule has 0 amide bonds. The fourth-order valence-electron chi connectivity index (χ4n) is 3.05. The minimum Gasteiger partial charge on any atom is -0.331 e. The Morgan fingerprint density at radius 3 is 2.59 bits per heavy atom. The van der Waals surface area contributed by atoms with Crippen LogP contribution in [0.4, 0.5) is 0 Å². The van der Waals surface area contributed by atoms with Gasteiger partial charge in [0.15, 0.2) is 5.78 Å². The molecule has 5 heteroatoms. The highest BCUT2D eigenvalue weighted by Crippen LogP contribution is 2.39. The van der Waals surface area contributed by atoms with E-state index < -0.39 is 10.8 Å². The number of hydrogen-bond donors (Lipinski definition) is 0. The molecule has 17 heavy (non-hydrogen) atoms. The number of nitrogens with zero attached hydrogens (tertiary/aromatic N) is 2. The predicted molar refractivity (Wildman–Crippen MR) is 65.2 cm³/mol. The molecule has 3 heterocycles. The van der Waals surface area contributed by atoms with Crippen molar-refractivity contribution < 1.29 is 9.00 Å². The van der Waals surface area contributed by atoms with Gasteiger partial charge in [-0.05, 0) is 25.7 Å². The molecule has 1 aromatic heterocycles. The van der Waals surface area contributed by atoms with Gasteiger partial charge in [-0.2, -0.15) is 0 Å². The lowest BCUT2D eigenvalue weighted by molar-refractivity contribution is 0.0897. The van der Waals surface area contributed by atoms with Gasteiger partial charge in [0.2, 0.25) is 0 Å². The van der Waals surface area contributed by atoms with E-state index in [4.69, 9.17) is 0 Å². The Bertz CT molecular complexity index is 467. The fourth-order valence-corrected chi connectivity index (χ4v) is 5.18. The summed E-state index contributed by atoms with van der Waals surface area (Å²) in [6, 6.07) is 0. The van der Waals surface area contributed by atoms with Gasteiger partial charge in [-0.1, -0.05) is 0 Å². The predicted octanol–water partition coefficient (Wildman–Crippen LogP) is 1.29. The van der Waals surface area contributed by atoms with Crippen molar-refractivity contribution in [1.29, 1.82) is 0 Å². The summed E-state index contributed by atoms with van der Waals surface area (Å²) in [5, 5.41) is 0.520. The van der Waals surface area contributed by atoms with E-state index in [0.717, 1.165) is 25.7 Å². The monoisotopic (exact) mass is 252 g/mol. The van der Waals surface area contributed by atoms with Gasteiger partial charge in [0.25, 0.3) is 0 Å². The summed E-state index contributed by atoms with van der Waals surface area (Å²) in [6.45, 7) is 0. The lowest BCUT2D eigenvalue weighted by Crippen LogP contribution is -2.32. The molecule has 2 unspecified atom stereocenters. The average Bonchev–Trinajstić information content (AvgIpc) is 2.79. The molecule has 0 aliphatic carbocycles. The van der Waals surface area contributed by atoms with Crippen LogP contribution in [-0.2, 0) is 17.8 Å². The second-order valence-electron chi connectivity index (χ2n) is 5.07. The number of rotatable bonds is 2. The zero-order valence-electron chi connectivity index (χ0n) is 9.83. The third-order valence-electron chi connectivity index (χ3n) is 4.00. The molecule has 2 aliphatic rings. The molecule has 2 bridgehead atoms. The quantitative estimate of drug-likeness (QED) is 0.745. The minimum absolute atomic E-state index is 0.0561. The highest BCUT2D eigenvalue weighted by Gasteiger charge is 2.43. The molecule has 0 N–H and O–H groups in total. The van der Waals surface area contributed by atoms with Crippen LogP contribution in [0.15, 0.2) is 12.5 Å². The Hall–Kier alpha value is -0.970. The Labute approximate surface area is 103 Å². The van der Waals surface area contributed by atoms with E-state index in [1.54, 1.807) is 17.1 Å². The zero-order chi connectivity index (χ0) is 12.0. The van der Waals surface area contributed by atoms with Crippen molar-refractivity contribution in [2.24, 2.45) is 13.0 Å². The first-order valence-corrected chi connectivity index (χ1v) is 7.34. The van der Waals surface area contributed by atoms with E-state index in [1.165, 1.54) is 0 Å². The number of aryl methyl sites for hydroxylation is 1. The van der Waals surface area contributed by atoms with Crippen LogP contribution in [0.2, 0.25) is 0 Å². The van der Waals surface area contributed by atoms with Crippen molar-refractivity contribution >= 4 is 16.6 Å². The summed E-state index contributed by atoms with van der Waals surface area (Å²) >= 11 is 0. The standard InChI is InChI=1S/C12H16N2O2S/c1-14-7-13-6-11(14)12(15)8-4-9-2-3-10(5-8)17(9)16/h6-10H,2-5H2,1H3. The van der Waals surface area contributed by atoms with Crippen LogP contribution in [-0.4, -0.2) is 30.0 Å². The van der Waals surface area contributed by atoms with Gasteiger partial charge in [-0.3, -0.25) is 9.00 Å². The Balaban J connectivity index is 1.81. The maximum atomic E-state index is 12.3. The molecule has 1 aromatic rings. The van der Waals surface area contributed by atoms with Crippen molar-refractivity contribution in [3.05, 3.63) is 18.2 Å². The van der Waals surface area contributed by atoms with E-state index in [9.17, 15) is 9.00 Å². The van der Waals surface area contributed by atoms with E-state index in [1.807, 2.05) is 7.05 Å². The van der Waals surface area contributed by atoms with Crippen LogP contribution < -0.4 is 0 Å². The summed E-state index contributed by atoms with van der Waals surface area (Å²) < 4.78 is 13.7.